The first-order valence-corrected chi connectivity index (χ1v) is 7.23. The van der Waals surface area contributed by atoms with Crippen LogP contribution in [0, 0.1) is 5.92 Å². The molecule has 0 radical (unpaired) electrons. The Morgan fingerprint density at radius 2 is 1.94 bits per heavy atom. The third kappa shape index (κ3) is 3.45. The molecule has 0 bridgehead atoms. The van der Waals surface area contributed by atoms with Crippen LogP contribution in [0.25, 0.3) is 0 Å². The number of carbonyl (C=O) groups excluding carboxylic acids is 1. The van der Waals surface area contributed by atoms with Crippen molar-refractivity contribution in [2.75, 3.05) is 13.1 Å². The Labute approximate surface area is 97.4 Å². The third-order valence-electron chi connectivity index (χ3n) is 2.80. The lowest BCUT2D eigenvalue weighted by molar-refractivity contribution is -0.122. The Hall–Kier alpha value is -0.620. The minimum absolute atomic E-state index is 0.248. The van der Waals surface area contributed by atoms with Gasteiger partial charge >= 0.3 is 10.2 Å². The van der Waals surface area contributed by atoms with E-state index < -0.39 is 16.1 Å². The van der Waals surface area contributed by atoms with Crippen molar-refractivity contribution in [1.29, 1.82) is 0 Å². The Morgan fingerprint density at radius 1 is 1.38 bits per heavy atom. The second-order valence-electron chi connectivity index (χ2n) is 4.27. The molecule has 1 rings (SSSR count). The van der Waals surface area contributed by atoms with E-state index in [2.05, 4.69) is 4.72 Å². The van der Waals surface area contributed by atoms with Gasteiger partial charge in [-0.2, -0.15) is 12.7 Å². The molecule has 1 aliphatic heterocycles. The summed E-state index contributed by atoms with van der Waals surface area (Å²) in [7, 11) is -3.59. The summed E-state index contributed by atoms with van der Waals surface area (Å²) in [4.78, 5) is 11.6. The van der Waals surface area contributed by atoms with Gasteiger partial charge in [0.1, 0.15) is 0 Å². The number of nitrogens with one attached hydrogen (secondary N) is 1. The van der Waals surface area contributed by atoms with Crippen molar-refractivity contribution in [2.45, 2.75) is 39.5 Å². The smallest absolute Gasteiger partial charge is 0.274 e. The SMILES string of the molecule is CCC[C@@H](C)C(=O)NS(=O)(=O)N1CCCC1. The standard InChI is InChI=1S/C10H20N2O3S/c1-3-6-9(2)10(13)11-16(14,15)12-7-4-5-8-12/h9H,3-8H2,1-2H3,(H,11,13)/t9-/m1/s1. The third-order valence-corrected chi connectivity index (χ3v) is 4.31. The van der Waals surface area contributed by atoms with Crippen molar-refractivity contribution in [1.82, 2.24) is 9.03 Å². The average molecular weight is 248 g/mol. The summed E-state index contributed by atoms with van der Waals surface area (Å²) in [5.74, 6) is -0.642. The number of amides is 1. The predicted molar refractivity (Wildman–Crippen MR) is 61.9 cm³/mol. The molecule has 5 nitrogen and oxygen atoms in total. The molecule has 16 heavy (non-hydrogen) atoms. The van der Waals surface area contributed by atoms with E-state index in [0.29, 0.717) is 19.5 Å². The number of hydrogen-bond donors (Lipinski definition) is 1. The fourth-order valence-corrected chi connectivity index (χ4v) is 3.11. The predicted octanol–water partition coefficient (Wildman–Crippen LogP) is 0.879. The van der Waals surface area contributed by atoms with Gasteiger partial charge in [0.05, 0.1) is 0 Å². The second kappa shape index (κ2) is 5.63. The van der Waals surface area contributed by atoms with Crippen LogP contribution in [0.3, 0.4) is 0 Å². The molecule has 94 valence electrons. The zero-order valence-corrected chi connectivity index (χ0v) is 10.7. The Kier molecular flexibility index (Phi) is 4.73. The molecule has 0 aromatic carbocycles. The largest absolute Gasteiger partial charge is 0.303 e. The first kappa shape index (κ1) is 13.4. The van der Waals surface area contributed by atoms with Crippen LogP contribution in [0.4, 0.5) is 0 Å². The van der Waals surface area contributed by atoms with Crippen molar-refractivity contribution in [3.63, 3.8) is 0 Å². The van der Waals surface area contributed by atoms with Crippen LogP contribution in [-0.4, -0.2) is 31.7 Å². The lowest BCUT2D eigenvalue weighted by Crippen LogP contribution is -2.43. The zero-order valence-electron chi connectivity index (χ0n) is 9.90. The van der Waals surface area contributed by atoms with Crippen molar-refractivity contribution in [2.24, 2.45) is 5.92 Å². The van der Waals surface area contributed by atoms with Gasteiger partial charge in [0.25, 0.3) is 0 Å². The molecule has 0 saturated carbocycles. The van der Waals surface area contributed by atoms with E-state index in [9.17, 15) is 13.2 Å². The lowest BCUT2D eigenvalue weighted by Gasteiger charge is -2.17. The molecule has 1 atom stereocenters. The van der Waals surface area contributed by atoms with E-state index in [1.54, 1.807) is 6.92 Å². The first-order chi connectivity index (χ1) is 7.47. The van der Waals surface area contributed by atoms with E-state index in [1.807, 2.05) is 6.92 Å². The van der Waals surface area contributed by atoms with Crippen molar-refractivity contribution < 1.29 is 13.2 Å². The quantitative estimate of drug-likeness (QED) is 0.785. The van der Waals surface area contributed by atoms with Gasteiger partial charge in [-0.25, -0.2) is 4.72 Å². The highest BCUT2D eigenvalue weighted by atomic mass is 32.2. The van der Waals surface area contributed by atoms with Crippen LogP contribution in [0.15, 0.2) is 0 Å². The van der Waals surface area contributed by atoms with Crippen molar-refractivity contribution >= 4 is 16.1 Å². The summed E-state index contributed by atoms with van der Waals surface area (Å²) in [6.45, 7) is 4.76. The molecule has 6 heteroatoms. The van der Waals surface area contributed by atoms with Crippen LogP contribution in [0.5, 0.6) is 0 Å². The van der Waals surface area contributed by atoms with Gasteiger partial charge in [-0.05, 0) is 19.3 Å². The van der Waals surface area contributed by atoms with Gasteiger partial charge < -0.3 is 0 Å². The van der Waals surface area contributed by atoms with E-state index in [4.69, 9.17) is 0 Å². The summed E-state index contributed by atoms with van der Waals surface area (Å²) in [5.41, 5.74) is 0. The minimum atomic E-state index is -3.59. The maximum atomic E-state index is 11.7. The van der Waals surface area contributed by atoms with Gasteiger partial charge in [0, 0.05) is 19.0 Å². The number of carbonyl (C=O) groups is 1. The van der Waals surface area contributed by atoms with Crippen LogP contribution < -0.4 is 4.72 Å². The molecular formula is C10H20N2O3S. The molecule has 1 amide bonds. The molecule has 1 fully saturated rings. The van der Waals surface area contributed by atoms with E-state index in [0.717, 1.165) is 19.3 Å². The molecule has 1 heterocycles. The highest BCUT2D eigenvalue weighted by molar-refractivity contribution is 7.87. The van der Waals surface area contributed by atoms with Gasteiger partial charge in [0.15, 0.2) is 0 Å². The Balaban J connectivity index is 2.55. The molecule has 0 aromatic rings. The molecule has 0 spiro atoms. The first-order valence-electron chi connectivity index (χ1n) is 5.79. The summed E-state index contributed by atoms with van der Waals surface area (Å²) >= 11 is 0. The molecule has 1 N–H and O–H groups in total. The monoisotopic (exact) mass is 248 g/mol. The molecule has 0 aromatic heterocycles. The molecule has 1 saturated heterocycles. The maximum absolute atomic E-state index is 11.7. The Bertz CT molecular complexity index is 334. The van der Waals surface area contributed by atoms with Crippen LogP contribution in [0.1, 0.15) is 39.5 Å². The number of nitrogens with zero attached hydrogens (tertiary/aromatic N) is 1. The maximum Gasteiger partial charge on any atom is 0.303 e. The van der Waals surface area contributed by atoms with E-state index in [-0.39, 0.29) is 5.92 Å². The van der Waals surface area contributed by atoms with Gasteiger partial charge in [-0.15, -0.1) is 0 Å². The molecule has 0 unspecified atom stereocenters. The van der Waals surface area contributed by atoms with Gasteiger partial charge in [-0.1, -0.05) is 20.3 Å². The van der Waals surface area contributed by atoms with Gasteiger partial charge in [-0.3, -0.25) is 4.79 Å². The van der Waals surface area contributed by atoms with Crippen molar-refractivity contribution in [3.8, 4) is 0 Å². The van der Waals surface area contributed by atoms with Crippen LogP contribution in [-0.2, 0) is 15.0 Å². The fraction of sp³-hybridized carbons (Fsp3) is 0.900. The number of rotatable bonds is 5. The molecule has 0 aliphatic carbocycles. The summed E-state index contributed by atoms with van der Waals surface area (Å²) in [6.07, 6.45) is 3.33. The number of hydrogen-bond acceptors (Lipinski definition) is 3. The zero-order chi connectivity index (χ0) is 12.2. The highest BCUT2D eigenvalue weighted by Gasteiger charge is 2.28. The van der Waals surface area contributed by atoms with Gasteiger partial charge in [0.2, 0.25) is 5.91 Å². The average Bonchev–Trinajstić information content (AvgIpc) is 2.70. The summed E-state index contributed by atoms with van der Waals surface area (Å²) < 4.78 is 27.0. The summed E-state index contributed by atoms with van der Waals surface area (Å²) in [5, 5.41) is 0. The summed E-state index contributed by atoms with van der Waals surface area (Å²) in [6, 6.07) is 0. The van der Waals surface area contributed by atoms with E-state index >= 15 is 0 Å². The van der Waals surface area contributed by atoms with Crippen LogP contribution >= 0.6 is 0 Å². The second-order valence-corrected chi connectivity index (χ2v) is 5.94. The van der Waals surface area contributed by atoms with Crippen molar-refractivity contribution in [3.05, 3.63) is 0 Å². The fourth-order valence-electron chi connectivity index (χ4n) is 1.78. The minimum Gasteiger partial charge on any atom is -0.274 e. The van der Waals surface area contributed by atoms with Crippen LogP contribution in [0.2, 0.25) is 0 Å². The molecular weight excluding hydrogens is 228 g/mol. The Morgan fingerprint density at radius 3 is 2.44 bits per heavy atom. The van der Waals surface area contributed by atoms with E-state index in [1.165, 1.54) is 4.31 Å². The molecule has 1 aliphatic rings. The lowest BCUT2D eigenvalue weighted by atomic mass is 10.1. The normalized spacial score (nSPS) is 19.6. The topological polar surface area (TPSA) is 66.5 Å². The highest BCUT2D eigenvalue weighted by Crippen LogP contribution is 2.12.